The van der Waals surface area contributed by atoms with Crippen molar-refractivity contribution in [1.82, 2.24) is 9.47 Å². The molecule has 148 valence electrons. The highest BCUT2D eigenvalue weighted by molar-refractivity contribution is 6.02. The Balaban J connectivity index is 2.57. The number of methoxy groups -OCH3 is 1. The van der Waals surface area contributed by atoms with Crippen molar-refractivity contribution in [2.24, 2.45) is 5.73 Å². The molecule has 2 rings (SSSR count). The van der Waals surface area contributed by atoms with Crippen LogP contribution in [0.25, 0.3) is 11.1 Å². The quantitative estimate of drug-likeness (QED) is 0.690. The van der Waals surface area contributed by atoms with Crippen molar-refractivity contribution in [1.29, 1.82) is 0 Å². The van der Waals surface area contributed by atoms with Crippen molar-refractivity contribution in [3.8, 4) is 16.9 Å². The normalized spacial score (nSPS) is 11.2. The molecule has 0 atom stereocenters. The summed E-state index contributed by atoms with van der Waals surface area (Å²) >= 11 is 0. The summed E-state index contributed by atoms with van der Waals surface area (Å²) in [5, 5.41) is 0. The molecular formula is C22H33N3O2. The van der Waals surface area contributed by atoms with Gasteiger partial charge in [-0.3, -0.25) is 4.79 Å². The Morgan fingerprint density at radius 2 is 1.85 bits per heavy atom. The first-order valence-electron chi connectivity index (χ1n) is 9.71. The first kappa shape index (κ1) is 21.0. The van der Waals surface area contributed by atoms with E-state index in [1.807, 2.05) is 31.2 Å². The lowest BCUT2D eigenvalue weighted by Gasteiger charge is -2.15. The van der Waals surface area contributed by atoms with Crippen molar-refractivity contribution < 1.29 is 9.53 Å². The van der Waals surface area contributed by atoms with Crippen LogP contribution in [-0.4, -0.2) is 43.1 Å². The molecule has 1 amide bonds. The summed E-state index contributed by atoms with van der Waals surface area (Å²) in [6.07, 6.45) is 4.16. The van der Waals surface area contributed by atoms with E-state index in [4.69, 9.17) is 10.5 Å². The molecule has 0 fully saturated rings. The van der Waals surface area contributed by atoms with Gasteiger partial charge < -0.3 is 19.9 Å². The van der Waals surface area contributed by atoms with E-state index >= 15 is 0 Å². The minimum Gasteiger partial charge on any atom is -0.497 e. The van der Waals surface area contributed by atoms with Gasteiger partial charge in [0.25, 0.3) is 5.91 Å². The lowest BCUT2D eigenvalue weighted by atomic mass is 9.97. The van der Waals surface area contributed by atoms with Gasteiger partial charge in [-0.1, -0.05) is 25.5 Å². The van der Waals surface area contributed by atoms with Crippen molar-refractivity contribution in [2.45, 2.75) is 46.1 Å². The Morgan fingerprint density at radius 1 is 1.19 bits per heavy atom. The Morgan fingerprint density at radius 3 is 2.37 bits per heavy atom. The molecule has 0 aliphatic carbocycles. The fourth-order valence-electron chi connectivity index (χ4n) is 3.62. The van der Waals surface area contributed by atoms with Gasteiger partial charge in [0, 0.05) is 23.5 Å². The van der Waals surface area contributed by atoms with Gasteiger partial charge in [-0.15, -0.1) is 0 Å². The third-order valence-electron chi connectivity index (χ3n) is 5.01. The molecule has 2 aromatic rings. The second-order valence-electron chi connectivity index (χ2n) is 7.29. The largest absolute Gasteiger partial charge is 0.497 e. The highest BCUT2D eigenvalue weighted by Crippen LogP contribution is 2.35. The molecule has 1 aromatic carbocycles. The van der Waals surface area contributed by atoms with Crippen LogP contribution in [0, 0.1) is 6.92 Å². The molecule has 1 aromatic heterocycles. The van der Waals surface area contributed by atoms with Gasteiger partial charge in [-0.05, 0) is 64.5 Å². The smallest absolute Gasteiger partial charge is 0.251 e. The summed E-state index contributed by atoms with van der Waals surface area (Å²) in [5.74, 6) is 0.444. The summed E-state index contributed by atoms with van der Waals surface area (Å²) < 4.78 is 7.59. The second-order valence-corrected chi connectivity index (χ2v) is 7.29. The molecule has 0 unspecified atom stereocenters. The van der Waals surface area contributed by atoms with E-state index in [0.717, 1.165) is 61.3 Å². The van der Waals surface area contributed by atoms with Crippen LogP contribution in [0.5, 0.6) is 5.75 Å². The Bertz CT molecular complexity index is 761. The predicted molar refractivity (Wildman–Crippen MR) is 111 cm³/mol. The third kappa shape index (κ3) is 4.92. The Kier molecular flexibility index (Phi) is 7.48. The monoisotopic (exact) mass is 371 g/mol. The maximum Gasteiger partial charge on any atom is 0.251 e. The minimum atomic E-state index is -0.359. The molecule has 5 nitrogen and oxygen atoms in total. The first-order valence-corrected chi connectivity index (χ1v) is 9.71. The predicted octanol–water partition coefficient (Wildman–Crippen LogP) is 3.87. The van der Waals surface area contributed by atoms with Crippen molar-refractivity contribution in [3.63, 3.8) is 0 Å². The average Bonchev–Trinajstić information content (AvgIpc) is 2.92. The number of primary amides is 1. The lowest BCUT2D eigenvalue weighted by molar-refractivity contribution is 0.1000. The minimum absolute atomic E-state index is 0.359. The zero-order chi connectivity index (χ0) is 20.0. The maximum atomic E-state index is 12.3. The molecule has 0 spiro atoms. The highest BCUT2D eigenvalue weighted by Gasteiger charge is 2.24. The third-order valence-corrected chi connectivity index (χ3v) is 5.01. The topological polar surface area (TPSA) is 60.5 Å². The molecule has 0 aliphatic heterocycles. The Labute approximate surface area is 163 Å². The maximum absolute atomic E-state index is 12.3. The molecule has 0 aliphatic rings. The standard InChI is InChI=1S/C22H33N3O2/c1-6-7-9-19-21(17-10-12-18(27-5)13-11-17)20(22(23)26)16(2)25(19)15-8-14-24(3)4/h10-13H,6-9,14-15H2,1-5H3,(H2,23,26). The number of carbonyl (C=O) groups is 1. The number of aromatic nitrogens is 1. The summed E-state index contributed by atoms with van der Waals surface area (Å²) in [7, 11) is 5.82. The van der Waals surface area contributed by atoms with Crippen molar-refractivity contribution in [2.75, 3.05) is 27.7 Å². The number of nitrogens with two attached hydrogens (primary N) is 1. The fourth-order valence-corrected chi connectivity index (χ4v) is 3.62. The summed E-state index contributed by atoms with van der Waals surface area (Å²) in [6.45, 7) is 6.10. The second kappa shape index (κ2) is 9.60. The van der Waals surface area contributed by atoms with Crippen molar-refractivity contribution in [3.05, 3.63) is 41.2 Å². The van der Waals surface area contributed by atoms with E-state index in [2.05, 4.69) is 30.5 Å². The lowest BCUT2D eigenvalue weighted by Crippen LogP contribution is -2.17. The van der Waals surface area contributed by atoms with Crippen LogP contribution in [0.2, 0.25) is 0 Å². The number of carbonyl (C=O) groups excluding carboxylic acids is 1. The van der Waals surface area contributed by atoms with Crippen LogP contribution in [0.1, 0.15) is 47.9 Å². The molecular weight excluding hydrogens is 338 g/mol. The molecule has 0 radical (unpaired) electrons. The van der Waals surface area contributed by atoms with E-state index in [1.165, 1.54) is 5.69 Å². The van der Waals surface area contributed by atoms with Gasteiger partial charge in [-0.2, -0.15) is 0 Å². The zero-order valence-electron chi connectivity index (χ0n) is 17.3. The molecule has 27 heavy (non-hydrogen) atoms. The molecule has 5 heteroatoms. The number of unbranched alkanes of at least 4 members (excludes halogenated alkanes) is 1. The molecule has 2 N–H and O–H groups in total. The van der Waals surface area contributed by atoms with Crippen LogP contribution in [0.15, 0.2) is 24.3 Å². The van der Waals surface area contributed by atoms with E-state index in [1.54, 1.807) is 7.11 Å². The van der Waals surface area contributed by atoms with E-state index in [0.29, 0.717) is 5.56 Å². The number of hydrogen-bond donors (Lipinski definition) is 1. The molecule has 0 saturated heterocycles. The SMILES string of the molecule is CCCCc1c(-c2ccc(OC)cc2)c(C(N)=O)c(C)n1CCCN(C)C. The van der Waals surface area contributed by atoms with Crippen LogP contribution in [0.4, 0.5) is 0 Å². The van der Waals surface area contributed by atoms with Gasteiger partial charge in [0.05, 0.1) is 12.7 Å². The number of amides is 1. The highest BCUT2D eigenvalue weighted by atomic mass is 16.5. The fraction of sp³-hybridized carbons (Fsp3) is 0.500. The zero-order valence-corrected chi connectivity index (χ0v) is 17.3. The summed E-state index contributed by atoms with van der Waals surface area (Å²) in [4.78, 5) is 14.5. The van der Waals surface area contributed by atoms with E-state index < -0.39 is 0 Å². The van der Waals surface area contributed by atoms with Crippen LogP contribution >= 0.6 is 0 Å². The van der Waals surface area contributed by atoms with Crippen molar-refractivity contribution >= 4 is 5.91 Å². The molecule has 0 bridgehead atoms. The number of hydrogen-bond acceptors (Lipinski definition) is 3. The number of nitrogens with zero attached hydrogens (tertiary/aromatic N) is 2. The number of ether oxygens (including phenoxy) is 1. The summed E-state index contributed by atoms with van der Waals surface area (Å²) in [6, 6.07) is 7.89. The number of rotatable bonds is 10. The van der Waals surface area contributed by atoms with Gasteiger partial charge in [0.1, 0.15) is 5.75 Å². The first-order chi connectivity index (χ1) is 12.9. The van der Waals surface area contributed by atoms with Gasteiger partial charge >= 0.3 is 0 Å². The molecule has 0 saturated carbocycles. The number of benzene rings is 1. The van der Waals surface area contributed by atoms with E-state index in [9.17, 15) is 4.79 Å². The average molecular weight is 372 g/mol. The van der Waals surface area contributed by atoms with Crippen LogP contribution in [-0.2, 0) is 13.0 Å². The summed E-state index contributed by atoms with van der Waals surface area (Å²) in [5.41, 5.74) is 10.7. The molecule has 1 heterocycles. The van der Waals surface area contributed by atoms with Gasteiger partial charge in [0.2, 0.25) is 0 Å². The van der Waals surface area contributed by atoms with Crippen LogP contribution < -0.4 is 10.5 Å². The van der Waals surface area contributed by atoms with Crippen LogP contribution in [0.3, 0.4) is 0 Å². The van der Waals surface area contributed by atoms with E-state index in [-0.39, 0.29) is 5.91 Å². The van der Waals surface area contributed by atoms with Gasteiger partial charge in [0.15, 0.2) is 0 Å². The van der Waals surface area contributed by atoms with Gasteiger partial charge in [-0.25, -0.2) is 0 Å². The Hall–Kier alpha value is -2.27.